The Kier molecular flexibility index (Phi) is 3.56. The third-order valence-corrected chi connectivity index (χ3v) is 4.30. The Labute approximate surface area is 112 Å². The summed E-state index contributed by atoms with van der Waals surface area (Å²) < 4.78 is 18.6. The van der Waals surface area contributed by atoms with Crippen LogP contribution in [0, 0.1) is 11.2 Å². The van der Waals surface area contributed by atoms with Crippen LogP contribution in [0.1, 0.15) is 30.0 Å². The molecular formula is C15H20FNO2. The van der Waals surface area contributed by atoms with E-state index >= 15 is 0 Å². The lowest BCUT2D eigenvalue weighted by molar-refractivity contribution is -0.135. The molecule has 4 heteroatoms. The number of rotatable bonds is 4. The van der Waals surface area contributed by atoms with Crippen LogP contribution in [0.15, 0.2) is 18.2 Å². The highest BCUT2D eigenvalue weighted by Gasteiger charge is 2.38. The molecule has 3 nitrogen and oxygen atoms in total. The van der Waals surface area contributed by atoms with Gasteiger partial charge in [0.15, 0.2) is 0 Å². The molecule has 1 heterocycles. The van der Waals surface area contributed by atoms with Gasteiger partial charge in [0.2, 0.25) is 0 Å². The minimum absolute atomic E-state index is 0.134. The van der Waals surface area contributed by atoms with E-state index in [2.05, 4.69) is 5.32 Å². The highest BCUT2D eigenvalue weighted by molar-refractivity contribution is 5.32. The van der Waals surface area contributed by atoms with Crippen molar-refractivity contribution in [2.75, 3.05) is 26.4 Å². The van der Waals surface area contributed by atoms with Crippen molar-refractivity contribution in [2.45, 2.75) is 25.3 Å². The summed E-state index contributed by atoms with van der Waals surface area (Å²) in [5.74, 6) is -0.170. The minimum Gasteiger partial charge on any atom is -0.396 e. The smallest absolute Gasteiger partial charge is 0.123 e. The first-order valence-corrected chi connectivity index (χ1v) is 6.93. The number of hydrogen-bond acceptors (Lipinski definition) is 3. The summed E-state index contributed by atoms with van der Waals surface area (Å²) in [5.41, 5.74) is 2.19. The van der Waals surface area contributed by atoms with E-state index in [4.69, 9.17) is 4.74 Å². The maximum Gasteiger partial charge on any atom is 0.123 e. The highest BCUT2D eigenvalue weighted by atomic mass is 19.1. The van der Waals surface area contributed by atoms with E-state index in [0.29, 0.717) is 13.2 Å². The number of aliphatic hydroxyl groups excluding tert-OH is 1. The second kappa shape index (κ2) is 5.19. The zero-order valence-electron chi connectivity index (χ0n) is 11.0. The second-order valence-electron chi connectivity index (χ2n) is 5.82. The van der Waals surface area contributed by atoms with Crippen LogP contribution >= 0.6 is 0 Å². The molecule has 1 aliphatic heterocycles. The van der Waals surface area contributed by atoms with Gasteiger partial charge in [-0.15, -0.1) is 0 Å². The molecule has 0 radical (unpaired) electrons. The average Bonchev–Trinajstić information content (AvgIpc) is 2.38. The van der Waals surface area contributed by atoms with Crippen molar-refractivity contribution in [3.05, 3.63) is 35.1 Å². The lowest BCUT2D eigenvalue weighted by Crippen LogP contribution is -2.52. The monoisotopic (exact) mass is 265 g/mol. The van der Waals surface area contributed by atoms with Gasteiger partial charge in [-0.2, -0.15) is 0 Å². The van der Waals surface area contributed by atoms with Crippen molar-refractivity contribution in [3.63, 3.8) is 0 Å². The number of halogens is 1. The first-order valence-electron chi connectivity index (χ1n) is 6.93. The Morgan fingerprint density at radius 2 is 2.26 bits per heavy atom. The van der Waals surface area contributed by atoms with E-state index in [1.807, 2.05) is 6.07 Å². The molecule has 1 fully saturated rings. The van der Waals surface area contributed by atoms with Gasteiger partial charge in [-0.05, 0) is 42.5 Å². The molecule has 0 saturated carbocycles. The lowest BCUT2D eigenvalue weighted by Gasteiger charge is -2.41. The first kappa shape index (κ1) is 13.0. The van der Waals surface area contributed by atoms with Gasteiger partial charge in [-0.3, -0.25) is 0 Å². The molecule has 1 saturated heterocycles. The Balaban J connectivity index is 1.71. The van der Waals surface area contributed by atoms with E-state index in [1.54, 1.807) is 6.07 Å². The summed E-state index contributed by atoms with van der Waals surface area (Å²) in [6, 6.07) is 5.28. The summed E-state index contributed by atoms with van der Waals surface area (Å²) in [6.07, 6.45) is 3.18. The predicted octanol–water partition coefficient (Wildman–Crippen LogP) is 1.80. The fourth-order valence-electron chi connectivity index (χ4n) is 2.96. The van der Waals surface area contributed by atoms with Crippen LogP contribution in [0.5, 0.6) is 0 Å². The Morgan fingerprint density at radius 3 is 2.95 bits per heavy atom. The predicted molar refractivity (Wildman–Crippen MR) is 70.4 cm³/mol. The van der Waals surface area contributed by atoms with Gasteiger partial charge in [-0.1, -0.05) is 6.07 Å². The quantitative estimate of drug-likeness (QED) is 0.872. The number of nitrogens with one attached hydrogen (secondary N) is 1. The number of aliphatic hydroxyl groups is 1. The number of ether oxygens (including phenoxy) is 1. The van der Waals surface area contributed by atoms with E-state index < -0.39 is 0 Å². The molecular weight excluding hydrogens is 245 g/mol. The molecule has 1 aromatic carbocycles. The second-order valence-corrected chi connectivity index (χ2v) is 5.82. The average molecular weight is 265 g/mol. The van der Waals surface area contributed by atoms with Crippen molar-refractivity contribution in [1.29, 1.82) is 0 Å². The summed E-state index contributed by atoms with van der Waals surface area (Å²) >= 11 is 0. The van der Waals surface area contributed by atoms with Crippen LogP contribution in [0.2, 0.25) is 0 Å². The number of hydrogen-bond donors (Lipinski definition) is 2. The summed E-state index contributed by atoms with van der Waals surface area (Å²) in [7, 11) is 0. The van der Waals surface area contributed by atoms with Crippen LogP contribution in [-0.2, 0) is 11.2 Å². The van der Waals surface area contributed by atoms with Crippen molar-refractivity contribution in [2.24, 2.45) is 5.41 Å². The normalized spacial score (nSPS) is 24.6. The van der Waals surface area contributed by atoms with Gasteiger partial charge in [0.25, 0.3) is 0 Å². The van der Waals surface area contributed by atoms with Gasteiger partial charge in [0.05, 0.1) is 25.2 Å². The molecule has 2 N–H and O–H groups in total. The zero-order valence-corrected chi connectivity index (χ0v) is 11.0. The Morgan fingerprint density at radius 1 is 1.42 bits per heavy atom. The van der Waals surface area contributed by atoms with Gasteiger partial charge >= 0.3 is 0 Å². The van der Waals surface area contributed by atoms with Crippen LogP contribution in [-0.4, -0.2) is 31.5 Å². The third kappa shape index (κ3) is 2.53. The van der Waals surface area contributed by atoms with Crippen molar-refractivity contribution >= 4 is 0 Å². The number of aryl methyl sites for hydroxylation is 1. The number of benzene rings is 1. The molecule has 1 aromatic rings. The molecule has 1 unspecified atom stereocenters. The van der Waals surface area contributed by atoms with Crippen LogP contribution in [0.25, 0.3) is 0 Å². The SMILES string of the molecule is OCC1(CNC2CCCc3ccc(F)cc32)COC1. The molecule has 0 aromatic heterocycles. The van der Waals surface area contributed by atoms with E-state index in [1.165, 1.54) is 11.6 Å². The molecule has 0 bridgehead atoms. The highest BCUT2D eigenvalue weighted by Crippen LogP contribution is 2.32. The van der Waals surface area contributed by atoms with E-state index in [9.17, 15) is 9.50 Å². The van der Waals surface area contributed by atoms with Gasteiger partial charge in [0, 0.05) is 12.6 Å². The maximum absolute atomic E-state index is 13.4. The summed E-state index contributed by atoms with van der Waals surface area (Å²) in [6.45, 7) is 2.09. The molecule has 3 rings (SSSR count). The zero-order chi connectivity index (χ0) is 13.3. The van der Waals surface area contributed by atoms with E-state index in [-0.39, 0.29) is 23.9 Å². The topological polar surface area (TPSA) is 41.5 Å². The third-order valence-electron chi connectivity index (χ3n) is 4.30. The maximum atomic E-state index is 13.4. The molecule has 1 aliphatic carbocycles. The molecule has 1 atom stereocenters. The molecule has 104 valence electrons. The summed E-state index contributed by atoms with van der Waals surface area (Å²) in [5, 5.41) is 12.9. The van der Waals surface area contributed by atoms with Crippen LogP contribution in [0.3, 0.4) is 0 Å². The first-order chi connectivity index (χ1) is 9.22. The lowest BCUT2D eigenvalue weighted by atomic mass is 9.84. The molecule has 0 spiro atoms. The van der Waals surface area contributed by atoms with Gasteiger partial charge < -0.3 is 15.2 Å². The number of fused-ring (bicyclic) bond motifs is 1. The molecule has 0 amide bonds. The van der Waals surface area contributed by atoms with Crippen molar-refractivity contribution in [3.8, 4) is 0 Å². The minimum atomic E-state index is -0.170. The van der Waals surface area contributed by atoms with Crippen LogP contribution < -0.4 is 5.32 Å². The van der Waals surface area contributed by atoms with Crippen LogP contribution in [0.4, 0.5) is 4.39 Å². The molecule has 2 aliphatic rings. The largest absolute Gasteiger partial charge is 0.396 e. The van der Waals surface area contributed by atoms with Crippen molar-refractivity contribution < 1.29 is 14.2 Å². The fraction of sp³-hybridized carbons (Fsp3) is 0.600. The Hall–Kier alpha value is -0.970. The summed E-state index contributed by atoms with van der Waals surface area (Å²) in [4.78, 5) is 0. The van der Waals surface area contributed by atoms with Gasteiger partial charge in [-0.25, -0.2) is 4.39 Å². The van der Waals surface area contributed by atoms with Crippen molar-refractivity contribution in [1.82, 2.24) is 5.32 Å². The molecule has 19 heavy (non-hydrogen) atoms. The fourth-order valence-corrected chi connectivity index (χ4v) is 2.96. The van der Waals surface area contributed by atoms with E-state index in [0.717, 1.165) is 31.4 Å². The van der Waals surface area contributed by atoms with Gasteiger partial charge in [0.1, 0.15) is 5.82 Å². The Bertz CT molecular complexity index is 454. The standard InChI is InChI=1S/C15H20FNO2/c16-12-5-4-11-2-1-3-14(13(11)6-12)17-7-15(8-18)9-19-10-15/h4-6,14,17-18H,1-3,7-10H2.